The van der Waals surface area contributed by atoms with E-state index < -0.39 is 15.9 Å². The van der Waals surface area contributed by atoms with Crippen molar-refractivity contribution in [2.45, 2.75) is 30.8 Å². The van der Waals surface area contributed by atoms with Gasteiger partial charge in [0.1, 0.15) is 6.61 Å². The van der Waals surface area contributed by atoms with E-state index in [1.165, 1.54) is 12.1 Å². The molecule has 21 heavy (non-hydrogen) atoms. The van der Waals surface area contributed by atoms with Crippen molar-refractivity contribution in [1.82, 2.24) is 0 Å². The summed E-state index contributed by atoms with van der Waals surface area (Å²) in [5.41, 5.74) is 0. The summed E-state index contributed by atoms with van der Waals surface area (Å²) < 4.78 is 35.3. The topological polar surface area (TPSA) is 69.7 Å². The second kappa shape index (κ2) is 6.79. The van der Waals surface area contributed by atoms with E-state index in [9.17, 15) is 13.2 Å². The van der Waals surface area contributed by atoms with Crippen LogP contribution in [0.25, 0.3) is 0 Å². The average Bonchev–Trinajstić information content (AvgIpc) is 2.51. The molecule has 116 valence electrons. The van der Waals surface area contributed by atoms with Gasteiger partial charge in [0.05, 0.1) is 16.0 Å². The molecule has 0 spiro atoms. The molecule has 1 aliphatic heterocycles. The Bertz CT molecular complexity index is 626. The number of carbonyl (C=O) groups is 1. The zero-order valence-electron chi connectivity index (χ0n) is 11.7. The summed E-state index contributed by atoms with van der Waals surface area (Å²) in [7, 11) is -3.30. The van der Waals surface area contributed by atoms with E-state index in [-0.39, 0.29) is 28.4 Å². The number of halogens is 1. The van der Waals surface area contributed by atoms with E-state index in [0.29, 0.717) is 17.9 Å². The Balaban J connectivity index is 2.20. The lowest BCUT2D eigenvalue weighted by Crippen LogP contribution is -2.37. The van der Waals surface area contributed by atoms with Gasteiger partial charge < -0.3 is 9.47 Å². The Labute approximate surface area is 132 Å². The Morgan fingerprint density at radius 2 is 2.14 bits per heavy atom. The number of alkyl halides is 1. The Hall–Kier alpha value is -1.08. The van der Waals surface area contributed by atoms with Crippen molar-refractivity contribution in [2.24, 2.45) is 0 Å². The molecule has 0 aromatic heterocycles. The highest BCUT2D eigenvalue weighted by Crippen LogP contribution is 2.34. The fraction of sp³-hybridized carbons (Fsp3) is 0.500. The number of benzene rings is 1. The molecule has 1 aromatic carbocycles. The van der Waals surface area contributed by atoms with E-state index in [1.54, 1.807) is 6.07 Å². The first-order chi connectivity index (χ1) is 9.97. The Morgan fingerprint density at radius 1 is 1.38 bits per heavy atom. The van der Waals surface area contributed by atoms with Crippen LogP contribution in [0.15, 0.2) is 23.1 Å². The third-order valence-corrected chi connectivity index (χ3v) is 5.54. The average molecular weight is 377 g/mol. The molecule has 0 N–H and O–H groups in total. The second-order valence-corrected chi connectivity index (χ2v) is 7.47. The first-order valence-corrected chi connectivity index (χ1v) is 9.50. The Morgan fingerprint density at radius 3 is 2.81 bits per heavy atom. The van der Waals surface area contributed by atoms with Gasteiger partial charge in [-0.1, -0.05) is 29.3 Å². The van der Waals surface area contributed by atoms with E-state index in [1.807, 2.05) is 6.92 Å². The van der Waals surface area contributed by atoms with Gasteiger partial charge in [-0.3, -0.25) is 4.79 Å². The minimum atomic E-state index is -3.30. The minimum absolute atomic E-state index is 0.0931. The van der Waals surface area contributed by atoms with Crippen LogP contribution in [0.1, 0.15) is 19.8 Å². The highest BCUT2D eigenvalue weighted by molar-refractivity contribution is 9.09. The van der Waals surface area contributed by atoms with Gasteiger partial charge >= 0.3 is 0 Å². The van der Waals surface area contributed by atoms with Gasteiger partial charge in [-0.15, -0.1) is 0 Å². The summed E-state index contributed by atoms with van der Waals surface area (Å²) in [6, 6.07) is 4.51. The van der Waals surface area contributed by atoms with Crippen molar-refractivity contribution < 1.29 is 22.7 Å². The molecule has 1 atom stereocenters. The third-order valence-electron chi connectivity index (χ3n) is 3.19. The summed E-state index contributed by atoms with van der Waals surface area (Å²) in [6.45, 7) is 2.04. The molecule has 1 aliphatic rings. The lowest BCUT2D eigenvalue weighted by atomic mass is 10.2. The molecule has 1 aromatic rings. The van der Waals surface area contributed by atoms with Crippen LogP contribution in [-0.4, -0.2) is 38.0 Å². The van der Waals surface area contributed by atoms with Crippen molar-refractivity contribution in [3.63, 3.8) is 0 Å². The van der Waals surface area contributed by atoms with Crippen LogP contribution in [0.2, 0.25) is 0 Å². The molecule has 0 radical (unpaired) electrons. The molecule has 1 unspecified atom stereocenters. The minimum Gasteiger partial charge on any atom is -0.485 e. The molecule has 7 heteroatoms. The lowest BCUT2D eigenvalue weighted by Gasteiger charge is -2.25. The van der Waals surface area contributed by atoms with Gasteiger partial charge in [0.15, 0.2) is 33.2 Å². The predicted octanol–water partition coefficient (Wildman–Crippen LogP) is 2.36. The van der Waals surface area contributed by atoms with Gasteiger partial charge in [-0.2, -0.15) is 0 Å². The summed E-state index contributed by atoms with van der Waals surface area (Å²) in [4.78, 5) is 11.8. The van der Waals surface area contributed by atoms with E-state index in [4.69, 9.17) is 9.47 Å². The molecular formula is C14H17BrO5S. The van der Waals surface area contributed by atoms with E-state index in [0.717, 1.165) is 6.42 Å². The smallest absolute Gasteiger partial charge is 0.191 e. The van der Waals surface area contributed by atoms with Gasteiger partial charge in [0.25, 0.3) is 0 Å². The number of ketones is 1. The molecule has 0 aliphatic carbocycles. The normalized spacial score (nSPS) is 17.5. The molecule has 0 saturated heterocycles. The molecule has 0 fully saturated rings. The third kappa shape index (κ3) is 3.77. The maximum atomic E-state index is 12.1. The van der Waals surface area contributed by atoms with Crippen LogP contribution >= 0.6 is 15.9 Å². The van der Waals surface area contributed by atoms with E-state index in [2.05, 4.69) is 15.9 Å². The lowest BCUT2D eigenvalue weighted by molar-refractivity contribution is -0.125. The number of hydrogen-bond donors (Lipinski definition) is 0. The summed E-state index contributed by atoms with van der Waals surface area (Å²) in [5.74, 6) is 0.773. The highest BCUT2D eigenvalue weighted by atomic mass is 79.9. The predicted molar refractivity (Wildman–Crippen MR) is 82.1 cm³/mol. The van der Waals surface area contributed by atoms with Crippen molar-refractivity contribution in [1.29, 1.82) is 0 Å². The number of sulfone groups is 1. The van der Waals surface area contributed by atoms with Crippen LogP contribution in [0.3, 0.4) is 0 Å². The molecule has 2 rings (SSSR count). The number of carbonyl (C=O) groups excluding carboxylic acids is 1. The maximum Gasteiger partial charge on any atom is 0.191 e. The maximum absolute atomic E-state index is 12.1. The second-order valence-electron chi connectivity index (χ2n) is 4.80. The van der Waals surface area contributed by atoms with Crippen LogP contribution in [0, 0.1) is 0 Å². The van der Waals surface area contributed by atoms with Crippen molar-refractivity contribution in [3.8, 4) is 11.5 Å². The van der Waals surface area contributed by atoms with Crippen molar-refractivity contribution in [2.75, 3.05) is 17.7 Å². The molecule has 1 heterocycles. The SMILES string of the molecule is CCCCS(=O)(=O)c1ccc2c(c1)OCC(C(=O)CBr)O2. The highest BCUT2D eigenvalue weighted by Gasteiger charge is 2.27. The fourth-order valence-electron chi connectivity index (χ4n) is 1.94. The van der Waals surface area contributed by atoms with E-state index >= 15 is 0 Å². The first kappa shape index (κ1) is 16.3. The van der Waals surface area contributed by atoms with Crippen molar-refractivity contribution >= 4 is 31.6 Å². The molecule has 0 amide bonds. The number of fused-ring (bicyclic) bond motifs is 1. The van der Waals surface area contributed by atoms with Crippen LogP contribution in [0.4, 0.5) is 0 Å². The van der Waals surface area contributed by atoms with Crippen LogP contribution < -0.4 is 9.47 Å². The largest absolute Gasteiger partial charge is 0.485 e. The first-order valence-electron chi connectivity index (χ1n) is 6.73. The quantitative estimate of drug-likeness (QED) is 0.712. The van der Waals surface area contributed by atoms with Gasteiger partial charge in [0, 0.05) is 6.07 Å². The number of ether oxygens (including phenoxy) is 2. The van der Waals surface area contributed by atoms with Gasteiger partial charge in [0.2, 0.25) is 0 Å². The molecular weight excluding hydrogens is 360 g/mol. The summed E-state index contributed by atoms with van der Waals surface area (Å²) in [6.07, 6.45) is 0.790. The Kier molecular flexibility index (Phi) is 5.27. The summed E-state index contributed by atoms with van der Waals surface area (Å²) >= 11 is 3.09. The molecule has 0 saturated carbocycles. The standard InChI is InChI=1S/C14H17BrO5S/c1-2-3-6-21(17,18)10-4-5-12-13(7-10)19-9-14(20-12)11(16)8-15/h4-5,7,14H,2-3,6,8-9H2,1H3. The van der Waals surface area contributed by atoms with Gasteiger partial charge in [-0.25, -0.2) is 8.42 Å². The van der Waals surface area contributed by atoms with Crippen LogP contribution in [-0.2, 0) is 14.6 Å². The number of rotatable bonds is 6. The zero-order valence-corrected chi connectivity index (χ0v) is 14.1. The monoisotopic (exact) mass is 376 g/mol. The number of unbranched alkanes of at least 4 members (excludes halogenated alkanes) is 1. The van der Waals surface area contributed by atoms with Crippen molar-refractivity contribution in [3.05, 3.63) is 18.2 Å². The number of Topliss-reactive ketones (excluding diaryl/α,β-unsaturated/α-hetero) is 1. The number of hydrogen-bond acceptors (Lipinski definition) is 5. The van der Waals surface area contributed by atoms with Gasteiger partial charge in [-0.05, 0) is 18.6 Å². The van der Waals surface area contributed by atoms with Crippen LogP contribution in [0.5, 0.6) is 11.5 Å². The zero-order chi connectivity index (χ0) is 15.5. The molecule has 5 nitrogen and oxygen atoms in total. The molecule has 0 bridgehead atoms. The fourth-order valence-corrected chi connectivity index (χ4v) is 3.77. The summed E-state index contributed by atoms with van der Waals surface area (Å²) in [5, 5.41) is 0.194.